The van der Waals surface area contributed by atoms with Crippen molar-refractivity contribution < 1.29 is 4.42 Å². The lowest BCUT2D eigenvalue weighted by atomic mass is 9.93. The highest BCUT2D eigenvalue weighted by Gasteiger charge is 2.19. The quantitative estimate of drug-likeness (QED) is 0.714. The monoisotopic (exact) mass is 203 g/mol. The van der Waals surface area contributed by atoms with E-state index in [0.29, 0.717) is 11.6 Å². The van der Waals surface area contributed by atoms with Crippen LogP contribution in [0.25, 0.3) is 11.6 Å². The molecular weight excluding hydrogens is 190 g/mol. The van der Waals surface area contributed by atoms with Gasteiger partial charge >= 0.3 is 0 Å². The molecule has 2 rings (SSSR count). The predicted molar refractivity (Wildman–Crippen MR) is 56.2 cm³/mol. The van der Waals surface area contributed by atoms with Gasteiger partial charge in [-0.05, 0) is 6.07 Å². The van der Waals surface area contributed by atoms with Gasteiger partial charge in [-0.25, -0.2) is 15.0 Å². The molecule has 0 aliphatic rings. The van der Waals surface area contributed by atoms with Crippen molar-refractivity contribution in [3.05, 3.63) is 30.5 Å². The summed E-state index contributed by atoms with van der Waals surface area (Å²) in [6, 6.07) is 1.78. The van der Waals surface area contributed by atoms with Gasteiger partial charge in [-0.15, -0.1) is 0 Å². The van der Waals surface area contributed by atoms with Crippen molar-refractivity contribution in [2.45, 2.75) is 26.2 Å². The van der Waals surface area contributed by atoms with E-state index in [2.05, 4.69) is 35.7 Å². The van der Waals surface area contributed by atoms with Gasteiger partial charge in [0.2, 0.25) is 5.89 Å². The highest BCUT2D eigenvalue weighted by atomic mass is 16.3. The second-order valence-electron chi connectivity index (χ2n) is 4.38. The second-order valence-corrected chi connectivity index (χ2v) is 4.38. The molecule has 0 aliphatic carbocycles. The summed E-state index contributed by atoms with van der Waals surface area (Å²) in [4.78, 5) is 12.3. The molecular formula is C11H13N3O. The molecule has 0 radical (unpaired) electrons. The first-order chi connectivity index (χ1) is 7.07. The summed E-state index contributed by atoms with van der Waals surface area (Å²) in [7, 11) is 0. The Kier molecular flexibility index (Phi) is 2.26. The van der Waals surface area contributed by atoms with Crippen LogP contribution in [0.2, 0.25) is 0 Å². The minimum atomic E-state index is -0.00518. The predicted octanol–water partition coefficient (Wildman–Crippen LogP) is 2.43. The third-order valence-corrected chi connectivity index (χ3v) is 2.07. The summed E-state index contributed by atoms with van der Waals surface area (Å²) in [5.74, 6) is 0.544. The summed E-state index contributed by atoms with van der Waals surface area (Å²) in [5.41, 5.74) is 1.63. The summed E-state index contributed by atoms with van der Waals surface area (Å²) >= 11 is 0. The minimum absolute atomic E-state index is 0.00518. The van der Waals surface area contributed by atoms with E-state index in [1.165, 1.54) is 6.33 Å². The molecule has 4 heteroatoms. The van der Waals surface area contributed by atoms with Crippen molar-refractivity contribution in [1.29, 1.82) is 0 Å². The van der Waals surface area contributed by atoms with Gasteiger partial charge in [0.05, 0.1) is 5.69 Å². The maximum atomic E-state index is 5.38. The Morgan fingerprint density at radius 1 is 1.27 bits per heavy atom. The number of nitrogens with zero attached hydrogens (tertiary/aromatic N) is 3. The fourth-order valence-electron chi connectivity index (χ4n) is 1.15. The lowest BCUT2D eigenvalue weighted by Gasteiger charge is -2.12. The van der Waals surface area contributed by atoms with Crippen LogP contribution in [0, 0.1) is 0 Å². The number of oxazole rings is 1. The summed E-state index contributed by atoms with van der Waals surface area (Å²) < 4.78 is 5.38. The van der Waals surface area contributed by atoms with Crippen molar-refractivity contribution in [2.75, 3.05) is 0 Å². The van der Waals surface area contributed by atoms with E-state index >= 15 is 0 Å². The Balaban J connectivity index is 2.37. The molecule has 0 atom stereocenters. The van der Waals surface area contributed by atoms with Crippen molar-refractivity contribution in [1.82, 2.24) is 15.0 Å². The molecule has 4 nitrogen and oxygen atoms in total. The summed E-state index contributed by atoms with van der Waals surface area (Å²) in [6.07, 6.45) is 4.83. The Bertz CT molecular complexity index is 442. The maximum absolute atomic E-state index is 5.38. The number of aromatic nitrogens is 3. The van der Waals surface area contributed by atoms with E-state index < -0.39 is 0 Å². The Hall–Kier alpha value is -1.71. The number of hydrogen-bond acceptors (Lipinski definition) is 4. The Morgan fingerprint density at radius 2 is 2.07 bits per heavy atom. The first kappa shape index (κ1) is 9.83. The van der Waals surface area contributed by atoms with Crippen molar-refractivity contribution in [3.63, 3.8) is 0 Å². The van der Waals surface area contributed by atoms with E-state index in [1.807, 2.05) is 0 Å². The fraction of sp³-hybridized carbons (Fsp3) is 0.364. The van der Waals surface area contributed by atoms with E-state index in [9.17, 15) is 0 Å². The van der Waals surface area contributed by atoms with E-state index in [1.54, 1.807) is 18.5 Å². The van der Waals surface area contributed by atoms with Gasteiger partial charge in [0.1, 0.15) is 18.3 Å². The van der Waals surface area contributed by atoms with E-state index in [0.717, 1.165) is 5.69 Å². The smallest absolute Gasteiger partial charge is 0.245 e. The van der Waals surface area contributed by atoms with E-state index in [-0.39, 0.29) is 5.41 Å². The first-order valence-electron chi connectivity index (χ1n) is 4.80. The van der Waals surface area contributed by atoms with Crippen molar-refractivity contribution in [3.8, 4) is 11.6 Å². The molecule has 0 aromatic carbocycles. The molecule has 0 amide bonds. The van der Waals surface area contributed by atoms with Gasteiger partial charge in [-0.1, -0.05) is 20.8 Å². The molecule has 0 unspecified atom stereocenters. The third kappa shape index (κ3) is 2.03. The highest BCUT2D eigenvalue weighted by molar-refractivity contribution is 5.45. The standard InChI is InChI=1S/C11H13N3O/c1-11(2,3)9-6-15-10(14-9)8-4-5-12-7-13-8/h4-7H,1-3H3. The van der Waals surface area contributed by atoms with Gasteiger partial charge < -0.3 is 4.42 Å². The molecule has 0 bridgehead atoms. The average Bonchev–Trinajstić information content (AvgIpc) is 2.67. The van der Waals surface area contributed by atoms with Crippen LogP contribution in [0.3, 0.4) is 0 Å². The van der Waals surface area contributed by atoms with Crippen LogP contribution in [0.4, 0.5) is 0 Å². The van der Waals surface area contributed by atoms with Crippen LogP contribution >= 0.6 is 0 Å². The normalized spacial score (nSPS) is 11.7. The topological polar surface area (TPSA) is 51.8 Å². The van der Waals surface area contributed by atoms with Gasteiger partial charge in [0.15, 0.2) is 0 Å². The SMILES string of the molecule is CC(C)(C)c1coc(-c2ccncn2)n1. The summed E-state index contributed by atoms with van der Waals surface area (Å²) in [6.45, 7) is 6.28. The molecule has 78 valence electrons. The molecule has 0 saturated carbocycles. The maximum Gasteiger partial charge on any atom is 0.245 e. The largest absolute Gasteiger partial charge is 0.443 e. The molecule has 0 aliphatic heterocycles. The first-order valence-corrected chi connectivity index (χ1v) is 4.80. The fourth-order valence-corrected chi connectivity index (χ4v) is 1.15. The van der Waals surface area contributed by atoms with Gasteiger partial charge in [0.25, 0.3) is 0 Å². The minimum Gasteiger partial charge on any atom is -0.443 e. The lowest BCUT2D eigenvalue weighted by molar-refractivity contribution is 0.543. The molecule has 2 aromatic heterocycles. The van der Waals surface area contributed by atoms with Crippen LogP contribution in [-0.2, 0) is 5.41 Å². The summed E-state index contributed by atoms with van der Waals surface area (Å²) in [5, 5.41) is 0. The molecule has 0 fully saturated rings. The van der Waals surface area contributed by atoms with Crippen molar-refractivity contribution >= 4 is 0 Å². The zero-order valence-electron chi connectivity index (χ0n) is 9.06. The van der Waals surface area contributed by atoms with E-state index in [4.69, 9.17) is 4.42 Å². The molecule has 0 saturated heterocycles. The van der Waals surface area contributed by atoms with Crippen LogP contribution in [0.15, 0.2) is 29.3 Å². The van der Waals surface area contributed by atoms with Gasteiger partial charge in [-0.2, -0.15) is 0 Å². The van der Waals surface area contributed by atoms with Crippen LogP contribution in [0.5, 0.6) is 0 Å². The zero-order valence-corrected chi connectivity index (χ0v) is 9.06. The molecule has 2 aromatic rings. The number of hydrogen-bond donors (Lipinski definition) is 0. The average molecular weight is 203 g/mol. The molecule has 2 heterocycles. The number of rotatable bonds is 1. The Morgan fingerprint density at radius 3 is 2.60 bits per heavy atom. The van der Waals surface area contributed by atoms with Crippen LogP contribution in [-0.4, -0.2) is 15.0 Å². The zero-order chi connectivity index (χ0) is 10.9. The lowest BCUT2D eigenvalue weighted by Crippen LogP contribution is -2.11. The molecule has 0 spiro atoms. The van der Waals surface area contributed by atoms with Crippen molar-refractivity contribution in [2.24, 2.45) is 0 Å². The molecule has 15 heavy (non-hydrogen) atoms. The Labute approximate surface area is 88.4 Å². The third-order valence-electron chi connectivity index (χ3n) is 2.07. The van der Waals surface area contributed by atoms with Crippen LogP contribution < -0.4 is 0 Å². The van der Waals surface area contributed by atoms with Crippen LogP contribution in [0.1, 0.15) is 26.5 Å². The highest BCUT2D eigenvalue weighted by Crippen LogP contribution is 2.24. The second kappa shape index (κ2) is 3.46. The molecule has 0 N–H and O–H groups in total. The van der Waals surface area contributed by atoms with Gasteiger partial charge in [0, 0.05) is 11.6 Å². The van der Waals surface area contributed by atoms with Gasteiger partial charge in [-0.3, -0.25) is 0 Å².